The predicted molar refractivity (Wildman–Crippen MR) is 87.7 cm³/mol. The Balaban J connectivity index is 4.22. The Hall–Kier alpha value is -0.570. The highest BCUT2D eigenvalue weighted by Crippen LogP contribution is 2.18. The highest BCUT2D eigenvalue weighted by Gasteiger charge is 2.18. The van der Waals surface area contributed by atoms with Crippen LogP contribution in [0.25, 0.3) is 0 Å². The van der Waals surface area contributed by atoms with Crippen molar-refractivity contribution in [2.45, 2.75) is 85.1 Å². The number of nitrogens with two attached hydrogens (primary N) is 1. The summed E-state index contributed by atoms with van der Waals surface area (Å²) < 4.78 is 0. The highest BCUT2D eigenvalue weighted by atomic mass is 16.2. The molecule has 0 aromatic heterocycles. The topological polar surface area (TPSA) is 46.3 Å². The molecule has 1 amide bonds. The van der Waals surface area contributed by atoms with E-state index in [1.807, 2.05) is 0 Å². The van der Waals surface area contributed by atoms with Crippen LogP contribution in [0, 0.1) is 5.92 Å². The first-order valence-electron chi connectivity index (χ1n) is 8.56. The van der Waals surface area contributed by atoms with Crippen LogP contribution in [0.4, 0.5) is 0 Å². The van der Waals surface area contributed by atoms with Crippen LogP contribution in [0.3, 0.4) is 0 Å². The van der Waals surface area contributed by atoms with Crippen LogP contribution in [0.5, 0.6) is 0 Å². The fraction of sp³-hybridized carbons (Fsp3) is 0.941. The third-order valence-electron chi connectivity index (χ3n) is 3.98. The zero-order valence-corrected chi connectivity index (χ0v) is 14.2. The normalized spacial score (nSPS) is 12.7. The Morgan fingerprint density at radius 3 is 2.25 bits per heavy atom. The van der Waals surface area contributed by atoms with E-state index in [-0.39, 0.29) is 0 Å². The second kappa shape index (κ2) is 12.2. The fourth-order valence-corrected chi connectivity index (χ4v) is 2.75. The summed E-state index contributed by atoms with van der Waals surface area (Å²) in [7, 11) is 0. The molecule has 20 heavy (non-hydrogen) atoms. The fourth-order valence-electron chi connectivity index (χ4n) is 2.75. The van der Waals surface area contributed by atoms with Gasteiger partial charge in [0.2, 0.25) is 5.91 Å². The lowest BCUT2D eigenvalue weighted by Crippen LogP contribution is -2.37. The molecule has 120 valence electrons. The van der Waals surface area contributed by atoms with Crippen LogP contribution >= 0.6 is 0 Å². The molecular formula is C17H36N2O. The SMILES string of the molecule is CCCCCN(C(=O)CCC(CCC)CCN)C(C)C. The number of carbonyl (C=O) groups excluding carboxylic acids is 1. The average molecular weight is 284 g/mol. The first-order chi connectivity index (χ1) is 9.56. The van der Waals surface area contributed by atoms with E-state index in [2.05, 4.69) is 32.6 Å². The first-order valence-corrected chi connectivity index (χ1v) is 8.56. The molecule has 1 unspecified atom stereocenters. The van der Waals surface area contributed by atoms with Gasteiger partial charge in [0.25, 0.3) is 0 Å². The lowest BCUT2D eigenvalue weighted by atomic mass is 9.94. The zero-order valence-electron chi connectivity index (χ0n) is 14.2. The number of carbonyl (C=O) groups is 1. The van der Waals surface area contributed by atoms with Gasteiger partial charge >= 0.3 is 0 Å². The summed E-state index contributed by atoms with van der Waals surface area (Å²) in [5, 5.41) is 0. The Bertz CT molecular complexity index is 235. The minimum atomic E-state index is 0.318. The van der Waals surface area contributed by atoms with E-state index in [0.717, 1.165) is 32.4 Å². The summed E-state index contributed by atoms with van der Waals surface area (Å²) >= 11 is 0. The Morgan fingerprint density at radius 1 is 1.05 bits per heavy atom. The first kappa shape index (κ1) is 19.4. The lowest BCUT2D eigenvalue weighted by molar-refractivity contribution is -0.133. The molecule has 0 fully saturated rings. The minimum Gasteiger partial charge on any atom is -0.340 e. The minimum absolute atomic E-state index is 0.318. The number of hydrogen-bond donors (Lipinski definition) is 1. The quantitative estimate of drug-likeness (QED) is 0.551. The molecule has 2 N–H and O–H groups in total. The molecule has 0 aromatic carbocycles. The molecule has 0 aliphatic rings. The van der Waals surface area contributed by atoms with Crippen molar-refractivity contribution in [3.8, 4) is 0 Å². The number of unbranched alkanes of at least 4 members (excludes halogenated alkanes) is 2. The molecule has 3 nitrogen and oxygen atoms in total. The van der Waals surface area contributed by atoms with Gasteiger partial charge in [-0.1, -0.05) is 39.5 Å². The zero-order chi connectivity index (χ0) is 15.4. The summed E-state index contributed by atoms with van der Waals surface area (Å²) in [4.78, 5) is 14.4. The van der Waals surface area contributed by atoms with Crippen molar-refractivity contribution in [3.63, 3.8) is 0 Å². The molecule has 0 spiro atoms. The van der Waals surface area contributed by atoms with Gasteiger partial charge in [-0.05, 0) is 45.6 Å². The van der Waals surface area contributed by atoms with E-state index in [1.165, 1.54) is 25.7 Å². The Kier molecular flexibility index (Phi) is 11.8. The van der Waals surface area contributed by atoms with Gasteiger partial charge in [-0.15, -0.1) is 0 Å². The van der Waals surface area contributed by atoms with E-state index < -0.39 is 0 Å². The third-order valence-corrected chi connectivity index (χ3v) is 3.98. The van der Waals surface area contributed by atoms with Gasteiger partial charge in [0.15, 0.2) is 0 Å². The number of nitrogens with zero attached hydrogens (tertiary/aromatic N) is 1. The number of amides is 1. The van der Waals surface area contributed by atoms with Gasteiger partial charge in [-0.3, -0.25) is 4.79 Å². The summed E-state index contributed by atoms with van der Waals surface area (Å²) in [6.45, 7) is 10.3. The van der Waals surface area contributed by atoms with Gasteiger partial charge in [-0.25, -0.2) is 0 Å². The summed E-state index contributed by atoms with van der Waals surface area (Å²) in [6, 6.07) is 0.318. The standard InChI is InChI=1S/C17H36N2O/c1-5-7-8-14-19(15(3)4)17(20)11-10-16(9-6-2)12-13-18/h15-16H,5-14,18H2,1-4H3. The monoisotopic (exact) mass is 284 g/mol. The summed E-state index contributed by atoms with van der Waals surface area (Å²) in [5.74, 6) is 0.952. The molecule has 0 radical (unpaired) electrons. The van der Waals surface area contributed by atoms with Crippen molar-refractivity contribution < 1.29 is 4.79 Å². The van der Waals surface area contributed by atoms with Crippen molar-refractivity contribution in [1.82, 2.24) is 4.90 Å². The third kappa shape index (κ3) is 8.57. The van der Waals surface area contributed by atoms with E-state index in [0.29, 0.717) is 24.3 Å². The van der Waals surface area contributed by atoms with Crippen LogP contribution in [-0.4, -0.2) is 29.9 Å². The van der Waals surface area contributed by atoms with Crippen LogP contribution in [0.2, 0.25) is 0 Å². The smallest absolute Gasteiger partial charge is 0.222 e. The van der Waals surface area contributed by atoms with Crippen LogP contribution in [-0.2, 0) is 4.79 Å². The Morgan fingerprint density at radius 2 is 1.75 bits per heavy atom. The number of rotatable bonds is 12. The van der Waals surface area contributed by atoms with Crippen molar-refractivity contribution >= 4 is 5.91 Å². The van der Waals surface area contributed by atoms with Crippen molar-refractivity contribution in [2.75, 3.05) is 13.1 Å². The van der Waals surface area contributed by atoms with Crippen molar-refractivity contribution in [3.05, 3.63) is 0 Å². The van der Waals surface area contributed by atoms with Gasteiger partial charge in [0, 0.05) is 19.0 Å². The van der Waals surface area contributed by atoms with Crippen molar-refractivity contribution in [1.29, 1.82) is 0 Å². The van der Waals surface area contributed by atoms with Crippen molar-refractivity contribution in [2.24, 2.45) is 11.7 Å². The van der Waals surface area contributed by atoms with Gasteiger partial charge in [0.1, 0.15) is 0 Å². The van der Waals surface area contributed by atoms with Gasteiger partial charge < -0.3 is 10.6 Å². The molecule has 0 bridgehead atoms. The molecule has 0 heterocycles. The lowest BCUT2D eigenvalue weighted by Gasteiger charge is -2.27. The largest absolute Gasteiger partial charge is 0.340 e. The molecule has 0 saturated heterocycles. The molecule has 0 aromatic rings. The molecule has 1 atom stereocenters. The maximum Gasteiger partial charge on any atom is 0.222 e. The van der Waals surface area contributed by atoms with Crippen LogP contribution < -0.4 is 5.73 Å². The molecule has 3 heteroatoms. The van der Waals surface area contributed by atoms with E-state index in [9.17, 15) is 4.79 Å². The second-order valence-electron chi connectivity index (χ2n) is 6.16. The summed E-state index contributed by atoms with van der Waals surface area (Å²) in [5.41, 5.74) is 5.66. The maximum atomic E-state index is 12.4. The van der Waals surface area contributed by atoms with Gasteiger partial charge in [-0.2, -0.15) is 0 Å². The van der Waals surface area contributed by atoms with Gasteiger partial charge in [0.05, 0.1) is 0 Å². The number of hydrogen-bond acceptors (Lipinski definition) is 2. The predicted octanol–water partition coefficient (Wildman–Crippen LogP) is 3.96. The second-order valence-corrected chi connectivity index (χ2v) is 6.16. The van der Waals surface area contributed by atoms with E-state index in [4.69, 9.17) is 5.73 Å². The molecule has 0 saturated carbocycles. The van der Waals surface area contributed by atoms with Crippen LogP contribution in [0.15, 0.2) is 0 Å². The Labute approximate surface area is 126 Å². The average Bonchev–Trinajstić information content (AvgIpc) is 2.40. The maximum absolute atomic E-state index is 12.4. The van der Waals surface area contributed by atoms with Crippen LogP contribution in [0.1, 0.15) is 79.1 Å². The van der Waals surface area contributed by atoms with E-state index in [1.54, 1.807) is 0 Å². The highest BCUT2D eigenvalue weighted by molar-refractivity contribution is 5.76. The molecule has 0 aliphatic heterocycles. The van der Waals surface area contributed by atoms with E-state index >= 15 is 0 Å². The molecular weight excluding hydrogens is 248 g/mol. The molecule has 0 aliphatic carbocycles. The summed E-state index contributed by atoms with van der Waals surface area (Å²) in [6.07, 6.45) is 8.67. The molecule has 0 rings (SSSR count).